The summed E-state index contributed by atoms with van der Waals surface area (Å²) in [6, 6.07) is 8.32. The Morgan fingerprint density at radius 2 is 2.12 bits per heavy atom. The fourth-order valence-electron chi connectivity index (χ4n) is 2.14. The number of ether oxygens (including phenoxy) is 1. The Kier molecular flexibility index (Phi) is 3.17. The van der Waals surface area contributed by atoms with Crippen LogP contribution in [0.5, 0.6) is 0 Å². The Hall–Kier alpha value is -1.78. The van der Waals surface area contributed by atoms with Crippen molar-refractivity contribution in [2.24, 2.45) is 0 Å². The van der Waals surface area contributed by atoms with Crippen molar-refractivity contribution >= 4 is 5.57 Å². The molecule has 1 aromatic rings. The quantitative estimate of drug-likeness (QED) is 0.700. The van der Waals surface area contributed by atoms with Gasteiger partial charge in [-0.3, -0.25) is 0 Å². The first-order valence-electron chi connectivity index (χ1n) is 5.68. The Balaban J connectivity index is 2.38. The van der Waals surface area contributed by atoms with E-state index >= 15 is 0 Å². The fourth-order valence-corrected chi connectivity index (χ4v) is 2.14. The van der Waals surface area contributed by atoms with Crippen molar-refractivity contribution in [1.29, 1.82) is 0 Å². The molecule has 0 radical (unpaired) electrons. The van der Waals surface area contributed by atoms with E-state index in [0.29, 0.717) is 0 Å². The molecular formula is C16H16O. The minimum Gasteiger partial charge on any atom is -0.362 e. The van der Waals surface area contributed by atoms with E-state index in [0.717, 1.165) is 6.42 Å². The van der Waals surface area contributed by atoms with Crippen molar-refractivity contribution in [3.05, 3.63) is 53.6 Å². The standard InChI is InChI=1S/C16H16O/c1-4-16(17-3)11-7-9-14(12-16)15-10-6-5-8-13(15)2/h1,5-11H,12H2,2-3H3. The van der Waals surface area contributed by atoms with E-state index in [2.05, 4.69) is 31.1 Å². The highest BCUT2D eigenvalue weighted by molar-refractivity contribution is 5.72. The Morgan fingerprint density at radius 3 is 2.76 bits per heavy atom. The molecule has 1 aromatic carbocycles. The number of terminal acetylenes is 1. The van der Waals surface area contributed by atoms with Crippen molar-refractivity contribution in [3.63, 3.8) is 0 Å². The number of methoxy groups -OCH3 is 1. The number of rotatable bonds is 2. The summed E-state index contributed by atoms with van der Waals surface area (Å²) >= 11 is 0. The molecule has 0 fully saturated rings. The first kappa shape index (κ1) is 11.7. The van der Waals surface area contributed by atoms with Gasteiger partial charge in [-0.2, -0.15) is 0 Å². The zero-order valence-corrected chi connectivity index (χ0v) is 10.2. The van der Waals surface area contributed by atoms with Gasteiger partial charge >= 0.3 is 0 Å². The number of hydrogen-bond acceptors (Lipinski definition) is 1. The third-order valence-electron chi connectivity index (χ3n) is 3.22. The molecule has 0 aromatic heterocycles. The smallest absolute Gasteiger partial charge is 0.150 e. The van der Waals surface area contributed by atoms with Gasteiger partial charge < -0.3 is 4.74 Å². The molecule has 0 saturated carbocycles. The van der Waals surface area contributed by atoms with Crippen molar-refractivity contribution in [1.82, 2.24) is 0 Å². The van der Waals surface area contributed by atoms with Crippen LogP contribution in [0.4, 0.5) is 0 Å². The molecule has 1 aliphatic carbocycles. The maximum atomic E-state index is 5.57. The molecule has 17 heavy (non-hydrogen) atoms. The summed E-state index contributed by atoms with van der Waals surface area (Å²) in [6.45, 7) is 2.11. The second kappa shape index (κ2) is 4.61. The second-order valence-electron chi connectivity index (χ2n) is 4.28. The predicted molar refractivity (Wildman–Crippen MR) is 71.5 cm³/mol. The molecule has 0 spiro atoms. The van der Waals surface area contributed by atoms with Gasteiger partial charge in [0.05, 0.1) is 0 Å². The fraction of sp³-hybridized carbons (Fsp3) is 0.250. The summed E-state index contributed by atoms with van der Waals surface area (Å²) < 4.78 is 5.46. The van der Waals surface area contributed by atoms with Crippen LogP contribution in [-0.4, -0.2) is 12.7 Å². The third kappa shape index (κ3) is 2.18. The normalized spacial score (nSPS) is 23.0. The van der Waals surface area contributed by atoms with E-state index in [1.165, 1.54) is 16.7 Å². The molecule has 0 saturated heterocycles. The van der Waals surface area contributed by atoms with Crippen molar-refractivity contribution in [3.8, 4) is 12.3 Å². The molecule has 1 aliphatic rings. The molecule has 0 aliphatic heterocycles. The Morgan fingerprint density at radius 1 is 1.35 bits per heavy atom. The third-order valence-corrected chi connectivity index (χ3v) is 3.22. The summed E-state index contributed by atoms with van der Waals surface area (Å²) in [7, 11) is 1.66. The number of allylic oxidation sites excluding steroid dienone is 2. The second-order valence-corrected chi connectivity index (χ2v) is 4.28. The first-order chi connectivity index (χ1) is 8.21. The van der Waals surface area contributed by atoms with Gasteiger partial charge in [-0.15, -0.1) is 6.42 Å². The number of hydrogen-bond donors (Lipinski definition) is 0. The molecule has 0 heterocycles. The van der Waals surface area contributed by atoms with E-state index in [4.69, 9.17) is 11.2 Å². The molecule has 1 unspecified atom stereocenters. The zero-order valence-electron chi connectivity index (χ0n) is 10.2. The van der Waals surface area contributed by atoms with E-state index in [1.54, 1.807) is 7.11 Å². The van der Waals surface area contributed by atoms with Crippen LogP contribution >= 0.6 is 0 Å². The highest BCUT2D eigenvalue weighted by Crippen LogP contribution is 2.33. The monoisotopic (exact) mass is 224 g/mol. The average molecular weight is 224 g/mol. The van der Waals surface area contributed by atoms with Gasteiger partial charge in [0.2, 0.25) is 0 Å². The molecule has 0 bridgehead atoms. The summed E-state index contributed by atoms with van der Waals surface area (Å²) in [4.78, 5) is 0. The molecule has 1 atom stereocenters. The van der Waals surface area contributed by atoms with Gasteiger partial charge in [0.25, 0.3) is 0 Å². The van der Waals surface area contributed by atoms with Crippen LogP contribution in [0.25, 0.3) is 5.57 Å². The van der Waals surface area contributed by atoms with Gasteiger partial charge in [-0.1, -0.05) is 42.3 Å². The van der Waals surface area contributed by atoms with Crippen LogP contribution in [0.2, 0.25) is 0 Å². The summed E-state index contributed by atoms with van der Waals surface area (Å²) in [5.41, 5.74) is 3.14. The van der Waals surface area contributed by atoms with Crippen LogP contribution in [0.1, 0.15) is 17.5 Å². The maximum absolute atomic E-state index is 5.57. The lowest BCUT2D eigenvalue weighted by Gasteiger charge is -2.27. The summed E-state index contributed by atoms with van der Waals surface area (Å²) in [6.07, 6.45) is 12.3. The van der Waals surface area contributed by atoms with Crippen LogP contribution in [0.3, 0.4) is 0 Å². The van der Waals surface area contributed by atoms with E-state index in [9.17, 15) is 0 Å². The highest BCUT2D eigenvalue weighted by Gasteiger charge is 2.28. The lowest BCUT2D eigenvalue weighted by atomic mass is 9.85. The molecule has 0 amide bonds. The van der Waals surface area contributed by atoms with Crippen molar-refractivity contribution < 1.29 is 4.74 Å². The highest BCUT2D eigenvalue weighted by atomic mass is 16.5. The largest absolute Gasteiger partial charge is 0.362 e. The maximum Gasteiger partial charge on any atom is 0.150 e. The zero-order chi connectivity index (χ0) is 12.3. The molecule has 2 rings (SSSR count). The SMILES string of the molecule is C#CC1(OC)C=CC=C(c2ccccc2C)C1. The predicted octanol–water partition coefficient (Wildman–Crippen LogP) is 3.36. The lowest BCUT2D eigenvalue weighted by Crippen LogP contribution is -2.28. The molecule has 0 N–H and O–H groups in total. The lowest BCUT2D eigenvalue weighted by molar-refractivity contribution is 0.0865. The van der Waals surface area contributed by atoms with Gasteiger partial charge in [0.1, 0.15) is 0 Å². The Bertz CT molecular complexity index is 517. The topological polar surface area (TPSA) is 9.23 Å². The molecule has 1 heteroatoms. The summed E-state index contributed by atoms with van der Waals surface area (Å²) in [5.74, 6) is 2.74. The van der Waals surface area contributed by atoms with Crippen molar-refractivity contribution in [2.45, 2.75) is 18.9 Å². The number of benzene rings is 1. The number of aryl methyl sites for hydroxylation is 1. The summed E-state index contributed by atoms with van der Waals surface area (Å²) in [5, 5.41) is 0. The van der Waals surface area contributed by atoms with Crippen molar-refractivity contribution in [2.75, 3.05) is 7.11 Å². The van der Waals surface area contributed by atoms with E-state index in [-0.39, 0.29) is 0 Å². The van der Waals surface area contributed by atoms with Crippen LogP contribution < -0.4 is 0 Å². The average Bonchev–Trinajstić information content (AvgIpc) is 2.39. The van der Waals surface area contributed by atoms with Crippen LogP contribution in [0, 0.1) is 19.3 Å². The van der Waals surface area contributed by atoms with Crippen LogP contribution in [0.15, 0.2) is 42.5 Å². The molecule has 86 valence electrons. The molecular weight excluding hydrogens is 208 g/mol. The van der Waals surface area contributed by atoms with E-state index < -0.39 is 5.60 Å². The van der Waals surface area contributed by atoms with Gasteiger partial charge in [0, 0.05) is 13.5 Å². The Labute approximate surface area is 103 Å². The van der Waals surface area contributed by atoms with Gasteiger partial charge in [-0.05, 0) is 29.7 Å². The molecule has 1 nitrogen and oxygen atoms in total. The van der Waals surface area contributed by atoms with Gasteiger partial charge in [-0.25, -0.2) is 0 Å². The minimum absolute atomic E-state index is 0.591. The van der Waals surface area contributed by atoms with E-state index in [1.807, 2.05) is 24.3 Å². The van der Waals surface area contributed by atoms with Gasteiger partial charge in [0.15, 0.2) is 5.60 Å². The first-order valence-corrected chi connectivity index (χ1v) is 5.68. The minimum atomic E-state index is -0.591. The van der Waals surface area contributed by atoms with Crippen LogP contribution in [-0.2, 0) is 4.74 Å².